The number of anilines is 2. The normalized spacial score (nSPS) is 13.6. The van der Waals surface area contributed by atoms with Crippen LogP contribution in [0.4, 0.5) is 11.4 Å². The van der Waals surface area contributed by atoms with Crippen LogP contribution in [0.5, 0.6) is 11.5 Å². The summed E-state index contributed by atoms with van der Waals surface area (Å²) in [5.74, 6) is 0.165. The Labute approximate surface area is 191 Å². The van der Waals surface area contributed by atoms with E-state index in [1.807, 2.05) is 31.2 Å². The predicted molar refractivity (Wildman–Crippen MR) is 125 cm³/mol. The molecule has 6 nitrogen and oxygen atoms in total. The molecule has 3 aromatic carbocycles. The van der Waals surface area contributed by atoms with Crippen molar-refractivity contribution in [2.75, 3.05) is 24.4 Å². The number of methoxy groups -OCH3 is 2. The van der Waals surface area contributed by atoms with E-state index in [0.29, 0.717) is 33.5 Å². The highest BCUT2D eigenvalue weighted by Gasteiger charge is 2.40. The molecule has 0 spiro atoms. The van der Waals surface area contributed by atoms with E-state index in [1.165, 1.54) is 7.11 Å². The number of aryl methyl sites for hydroxylation is 1. The van der Waals surface area contributed by atoms with Crippen LogP contribution in [0.25, 0.3) is 5.57 Å². The van der Waals surface area contributed by atoms with Gasteiger partial charge in [0, 0.05) is 11.1 Å². The van der Waals surface area contributed by atoms with Crippen LogP contribution in [0.15, 0.2) is 72.4 Å². The molecule has 1 N–H and O–H groups in total. The lowest BCUT2D eigenvalue weighted by Gasteiger charge is -2.16. The fourth-order valence-corrected chi connectivity index (χ4v) is 3.70. The van der Waals surface area contributed by atoms with Crippen molar-refractivity contribution in [2.45, 2.75) is 6.92 Å². The first kappa shape index (κ1) is 21.5. The summed E-state index contributed by atoms with van der Waals surface area (Å²) in [5.41, 5.74) is 3.03. The number of benzene rings is 3. The number of rotatable bonds is 6. The maximum absolute atomic E-state index is 13.5. The van der Waals surface area contributed by atoms with Crippen molar-refractivity contribution in [2.24, 2.45) is 0 Å². The highest BCUT2D eigenvalue weighted by atomic mass is 35.5. The molecule has 0 saturated heterocycles. The Morgan fingerprint density at radius 2 is 1.62 bits per heavy atom. The molecule has 4 rings (SSSR count). The lowest BCUT2D eigenvalue weighted by Crippen LogP contribution is -2.32. The number of imide groups is 1. The van der Waals surface area contributed by atoms with Crippen LogP contribution in [-0.2, 0) is 9.59 Å². The van der Waals surface area contributed by atoms with E-state index < -0.39 is 11.8 Å². The number of hydrogen-bond donors (Lipinski definition) is 1. The van der Waals surface area contributed by atoms with Gasteiger partial charge in [0.15, 0.2) is 0 Å². The first-order chi connectivity index (χ1) is 15.4. The number of carbonyl (C=O) groups is 2. The zero-order valence-electron chi connectivity index (χ0n) is 17.8. The van der Waals surface area contributed by atoms with Gasteiger partial charge in [0.2, 0.25) is 0 Å². The summed E-state index contributed by atoms with van der Waals surface area (Å²) < 4.78 is 10.7. The van der Waals surface area contributed by atoms with Crippen LogP contribution < -0.4 is 19.7 Å². The van der Waals surface area contributed by atoms with E-state index >= 15 is 0 Å². The van der Waals surface area contributed by atoms with Crippen LogP contribution in [0.3, 0.4) is 0 Å². The first-order valence-corrected chi connectivity index (χ1v) is 10.3. The number of carbonyl (C=O) groups excluding carboxylic acids is 2. The molecule has 2 amide bonds. The average Bonchev–Trinajstić information content (AvgIpc) is 3.04. The van der Waals surface area contributed by atoms with Gasteiger partial charge in [-0.1, -0.05) is 47.5 Å². The molecule has 0 atom stereocenters. The average molecular weight is 449 g/mol. The van der Waals surface area contributed by atoms with Crippen molar-refractivity contribution in [3.05, 3.63) is 88.6 Å². The Balaban J connectivity index is 1.84. The summed E-state index contributed by atoms with van der Waals surface area (Å²) in [6.45, 7) is 1.96. The lowest BCUT2D eigenvalue weighted by atomic mass is 10.0. The highest BCUT2D eigenvalue weighted by molar-refractivity contribution is 6.46. The number of halogens is 1. The van der Waals surface area contributed by atoms with Crippen molar-refractivity contribution in [1.29, 1.82) is 0 Å². The second kappa shape index (κ2) is 8.77. The van der Waals surface area contributed by atoms with E-state index in [4.69, 9.17) is 21.1 Å². The van der Waals surface area contributed by atoms with Gasteiger partial charge in [-0.2, -0.15) is 0 Å². The molecule has 1 aliphatic rings. The molecule has 3 aromatic rings. The summed E-state index contributed by atoms with van der Waals surface area (Å²) >= 11 is 6.12. The summed E-state index contributed by atoms with van der Waals surface area (Å²) in [6.07, 6.45) is 0. The minimum Gasteiger partial charge on any atom is -0.497 e. The zero-order valence-corrected chi connectivity index (χ0v) is 18.6. The van der Waals surface area contributed by atoms with Crippen molar-refractivity contribution >= 4 is 40.4 Å². The molecular formula is C25H21ClN2O4. The van der Waals surface area contributed by atoms with Gasteiger partial charge in [0.25, 0.3) is 11.8 Å². The maximum Gasteiger partial charge on any atom is 0.282 e. The summed E-state index contributed by atoms with van der Waals surface area (Å²) in [7, 11) is 3.08. The molecule has 0 radical (unpaired) electrons. The molecule has 162 valence electrons. The smallest absolute Gasteiger partial charge is 0.282 e. The third-order valence-corrected chi connectivity index (χ3v) is 5.39. The van der Waals surface area contributed by atoms with E-state index in [2.05, 4.69) is 5.32 Å². The minimum atomic E-state index is -0.481. The number of nitrogens with one attached hydrogen (secondary N) is 1. The molecule has 1 aliphatic heterocycles. The summed E-state index contributed by atoms with van der Waals surface area (Å²) in [4.78, 5) is 28.1. The van der Waals surface area contributed by atoms with Crippen LogP contribution in [0.2, 0.25) is 5.02 Å². The molecule has 0 aromatic heterocycles. The van der Waals surface area contributed by atoms with Crippen LogP contribution in [0.1, 0.15) is 11.1 Å². The number of amides is 2. The van der Waals surface area contributed by atoms with E-state index in [1.54, 1.807) is 49.6 Å². The largest absolute Gasteiger partial charge is 0.497 e. The zero-order chi connectivity index (χ0) is 22.8. The Kier molecular flexibility index (Phi) is 5.88. The predicted octanol–water partition coefficient (Wildman–Crippen LogP) is 5.06. The number of ether oxygens (including phenoxy) is 2. The van der Waals surface area contributed by atoms with Gasteiger partial charge in [-0.05, 0) is 42.8 Å². The van der Waals surface area contributed by atoms with Gasteiger partial charge >= 0.3 is 0 Å². The van der Waals surface area contributed by atoms with Crippen LogP contribution in [0, 0.1) is 6.92 Å². The minimum absolute atomic E-state index is 0.155. The van der Waals surface area contributed by atoms with Crippen LogP contribution in [-0.4, -0.2) is 26.0 Å². The van der Waals surface area contributed by atoms with E-state index in [9.17, 15) is 9.59 Å². The molecule has 32 heavy (non-hydrogen) atoms. The van der Waals surface area contributed by atoms with Gasteiger partial charge in [-0.3, -0.25) is 9.59 Å². The second-order valence-electron chi connectivity index (χ2n) is 7.23. The first-order valence-electron chi connectivity index (χ1n) is 9.87. The summed E-state index contributed by atoms with van der Waals surface area (Å²) in [6, 6.07) is 19.3. The van der Waals surface area contributed by atoms with Crippen molar-refractivity contribution < 1.29 is 19.1 Å². The molecule has 0 fully saturated rings. The molecule has 0 aliphatic carbocycles. The van der Waals surface area contributed by atoms with Gasteiger partial charge < -0.3 is 14.8 Å². The maximum atomic E-state index is 13.5. The Bertz CT molecular complexity index is 1230. The molecule has 1 heterocycles. The van der Waals surface area contributed by atoms with Crippen molar-refractivity contribution in [3.8, 4) is 11.5 Å². The molecule has 0 bridgehead atoms. The van der Waals surface area contributed by atoms with E-state index in [0.717, 1.165) is 10.5 Å². The Hall–Kier alpha value is -3.77. The molecule has 7 heteroatoms. The van der Waals surface area contributed by atoms with Crippen molar-refractivity contribution in [1.82, 2.24) is 0 Å². The van der Waals surface area contributed by atoms with Crippen molar-refractivity contribution in [3.63, 3.8) is 0 Å². The number of hydrogen-bond acceptors (Lipinski definition) is 5. The molecular weight excluding hydrogens is 428 g/mol. The Morgan fingerprint density at radius 1 is 0.875 bits per heavy atom. The molecule has 0 unspecified atom stereocenters. The standard InChI is InChI=1S/C25H21ClN2O4/c1-15-7-9-16(10-8-15)22-23(27-20-12-11-19(31-2)14-21(20)32-3)25(30)28(24(22)29)18-6-4-5-17(26)13-18/h4-14,27H,1-3H3. The second-order valence-corrected chi connectivity index (χ2v) is 7.67. The summed E-state index contributed by atoms with van der Waals surface area (Å²) in [5, 5.41) is 3.55. The quantitative estimate of drug-likeness (QED) is 0.534. The fourth-order valence-electron chi connectivity index (χ4n) is 3.52. The van der Waals surface area contributed by atoms with Gasteiger partial charge in [0.05, 0.1) is 31.2 Å². The SMILES string of the molecule is COc1ccc(NC2=C(c3ccc(C)cc3)C(=O)N(c3cccc(Cl)c3)C2=O)c(OC)c1. The molecule has 0 saturated carbocycles. The fraction of sp³-hybridized carbons (Fsp3) is 0.120. The van der Waals surface area contributed by atoms with Gasteiger partial charge in [-0.15, -0.1) is 0 Å². The third-order valence-electron chi connectivity index (χ3n) is 5.16. The van der Waals surface area contributed by atoms with Gasteiger partial charge in [-0.25, -0.2) is 4.90 Å². The Morgan fingerprint density at radius 3 is 2.28 bits per heavy atom. The van der Waals surface area contributed by atoms with E-state index in [-0.39, 0.29) is 11.3 Å². The highest BCUT2D eigenvalue weighted by Crippen LogP contribution is 2.37. The third kappa shape index (κ3) is 3.92. The van der Waals surface area contributed by atoms with Gasteiger partial charge in [0.1, 0.15) is 17.2 Å². The topological polar surface area (TPSA) is 67.9 Å². The number of nitrogens with zero attached hydrogens (tertiary/aromatic N) is 1. The lowest BCUT2D eigenvalue weighted by molar-refractivity contribution is -0.120. The van der Waals surface area contributed by atoms with Crippen LogP contribution >= 0.6 is 11.6 Å². The monoisotopic (exact) mass is 448 g/mol.